The minimum absolute atomic E-state index is 0.0387. The van der Waals surface area contributed by atoms with Crippen molar-refractivity contribution in [2.45, 2.75) is 272 Å². The van der Waals surface area contributed by atoms with Crippen molar-refractivity contribution >= 4 is 0 Å². The summed E-state index contributed by atoms with van der Waals surface area (Å²) < 4.78 is 60.3. The molecule has 0 aromatic rings. The van der Waals surface area contributed by atoms with Gasteiger partial charge in [0.25, 0.3) is 0 Å². The summed E-state index contributed by atoms with van der Waals surface area (Å²) in [6.45, 7) is 13.8. The molecule has 18 N–H and O–H groups in total. The first-order chi connectivity index (χ1) is 41.2. The fraction of sp³-hybridized carbons (Fsp3) is 0.967. The van der Waals surface area contributed by atoms with Crippen LogP contribution in [0.25, 0.3) is 0 Å². The molecule has 10 rings (SSSR count). The molecule has 0 aromatic heterocycles. The van der Waals surface area contributed by atoms with E-state index in [0.717, 1.165) is 12.8 Å². The Morgan fingerprint density at radius 3 is 1.50 bits per heavy atom. The molecule has 5 aliphatic carbocycles. The molecule has 28 heteroatoms. The third-order valence-corrected chi connectivity index (χ3v) is 23.5. The van der Waals surface area contributed by atoms with Gasteiger partial charge < -0.3 is 139 Å². The highest BCUT2D eigenvalue weighted by Gasteiger charge is 2.70. The van der Waals surface area contributed by atoms with Gasteiger partial charge in [0.05, 0.1) is 57.5 Å². The summed E-state index contributed by atoms with van der Waals surface area (Å²) in [5.41, 5.74) is -1.38. The Kier molecular flexibility index (Phi) is 20.5. The highest BCUT2D eigenvalue weighted by molar-refractivity contribution is 5.34. The van der Waals surface area contributed by atoms with Gasteiger partial charge in [0.2, 0.25) is 0 Å². The molecule has 0 radical (unpaired) electrons. The Morgan fingerprint density at radius 2 is 0.943 bits per heavy atom. The first-order valence-corrected chi connectivity index (χ1v) is 31.4. The molecular weight excluding hydrogens is 1170 g/mol. The summed E-state index contributed by atoms with van der Waals surface area (Å²) in [6.07, 6.45) is -36.6. The van der Waals surface area contributed by atoms with E-state index in [2.05, 4.69) is 40.7 Å². The van der Waals surface area contributed by atoms with E-state index in [-0.39, 0.29) is 29.8 Å². The van der Waals surface area contributed by atoms with E-state index in [4.69, 9.17) is 47.4 Å². The molecule has 5 saturated heterocycles. The van der Waals surface area contributed by atoms with Crippen LogP contribution in [0.15, 0.2) is 11.6 Å². The van der Waals surface area contributed by atoms with Crippen molar-refractivity contribution in [1.29, 1.82) is 0 Å². The summed E-state index contributed by atoms with van der Waals surface area (Å²) in [6, 6.07) is 0. The molecule has 9 fully saturated rings. The van der Waals surface area contributed by atoms with Gasteiger partial charge >= 0.3 is 0 Å². The van der Waals surface area contributed by atoms with Gasteiger partial charge in [0.15, 0.2) is 31.5 Å². The molecule has 5 heterocycles. The molecular formula is C60H100O28. The minimum atomic E-state index is -1.89. The van der Waals surface area contributed by atoms with Gasteiger partial charge in [-0.1, -0.05) is 60.1 Å². The second-order valence-corrected chi connectivity index (χ2v) is 29.3. The number of fused-ring (bicyclic) bond motifs is 7. The van der Waals surface area contributed by atoms with E-state index in [1.54, 1.807) is 0 Å². The van der Waals surface area contributed by atoms with Crippen molar-refractivity contribution in [3.05, 3.63) is 11.6 Å². The van der Waals surface area contributed by atoms with Crippen LogP contribution in [-0.4, -0.2) is 297 Å². The quantitative estimate of drug-likeness (QED) is 0.0540. The Labute approximate surface area is 511 Å². The van der Waals surface area contributed by atoms with E-state index in [0.29, 0.717) is 32.1 Å². The maximum atomic E-state index is 12.4. The SMILES string of the molecule is CC1O[C@@H](OC2[C@H](OC[C@H]3C[C@]4(C)C(=CCC5[C@@]6(C)CC[C@H](O[C@@H]7OC(CO[C@@H]8OC(CO)[C@H](O)[C@H](O)C8O)[C@H](O)[C@H](O)C7O)C(C)(C)C6CC[C@]54C)C4CC(C)(C)[C@@H](O)[C@H](O)C43)OC(CO[C@@H]3OC(CO)[C@H](O)[C@H](O)C3O)[C@H](O)[C@@H]2O)C(O)[C@@H](O)[C@H]1O. The molecule has 88 heavy (non-hydrogen) atoms. The van der Waals surface area contributed by atoms with Gasteiger partial charge in [-0.3, -0.25) is 0 Å². The van der Waals surface area contributed by atoms with Crippen molar-refractivity contribution in [2.75, 3.05) is 33.0 Å². The van der Waals surface area contributed by atoms with Crippen molar-refractivity contribution in [3.8, 4) is 0 Å². The summed E-state index contributed by atoms with van der Waals surface area (Å²) >= 11 is 0. The predicted octanol–water partition coefficient (Wildman–Crippen LogP) is -4.91. The zero-order valence-corrected chi connectivity index (χ0v) is 51.2. The van der Waals surface area contributed by atoms with Gasteiger partial charge in [-0.05, 0) is 109 Å². The maximum absolute atomic E-state index is 12.4. The third-order valence-electron chi connectivity index (χ3n) is 23.5. The molecule has 0 aromatic carbocycles. The number of aliphatic hydroxyl groups is 18. The predicted molar refractivity (Wildman–Crippen MR) is 297 cm³/mol. The van der Waals surface area contributed by atoms with Gasteiger partial charge in [0, 0.05) is 0 Å². The molecule has 0 bridgehead atoms. The van der Waals surface area contributed by atoms with Crippen molar-refractivity contribution in [3.63, 3.8) is 0 Å². The lowest BCUT2D eigenvalue weighted by molar-refractivity contribution is -0.371. The first-order valence-electron chi connectivity index (χ1n) is 31.4. The number of ether oxygens (including phenoxy) is 10. The average molecular weight is 1270 g/mol. The lowest BCUT2D eigenvalue weighted by Crippen LogP contribution is -2.67. The molecule has 4 saturated carbocycles. The Hall–Kier alpha value is -1.38. The summed E-state index contributed by atoms with van der Waals surface area (Å²) in [5, 5.41) is 196. The summed E-state index contributed by atoms with van der Waals surface area (Å²) in [7, 11) is 0. The number of hydrogen-bond acceptors (Lipinski definition) is 28. The second kappa shape index (κ2) is 26.0. The Bertz CT molecular complexity index is 2390. The molecule has 0 amide bonds. The van der Waals surface area contributed by atoms with Crippen LogP contribution < -0.4 is 0 Å². The van der Waals surface area contributed by atoms with Crippen LogP contribution in [0.3, 0.4) is 0 Å². The third kappa shape index (κ3) is 11.8. The van der Waals surface area contributed by atoms with Crippen molar-refractivity contribution in [1.82, 2.24) is 0 Å². The fourth-order valence-corrected chi connectivity index (χ4v) is 18.1. The van der Waals surface area contributed by atoms with Crippen molar-refractivity contribution < 1.29 is 139 Å². The molecule has 28 nitrogen and oxygen atoms in total. The minimum Gasteiger partial charge on any atom is -0.394 e. The number of allylic oxidation sites excluding steroid dienone is 2. The van der Waals surface area contributed by atoms with Crippen LogP contribution in [0, 0.1) is 56.7 Å². The normalized spacial score (nSPS) is 55.3. The number of aliphatic hydroxyl groups excluding tert-OH is 18. The van der Waals surface area contributed by atoms with Gasteiger partial charge in [-0.15, -0.1) is 0 Å². The van der Waals surface area contributed by atoms with E-state index in [9.17, 15) is 91.9 Å². The average Bonchev–Trinajstić information content (AvgIpc) is 0.698. The zero-order valence-electron chi connectivity index (χ0n) is 51.2. The second-order valence-electron chi connectivity index (χ2n) is 29.3. The van der Waals surface area contributed by atoms with Crippen LogP contribution in [0.1, 0.15) is 100 Å². The van der Waals surface area contributed by atoms with Crippen LogP contribution in [0.4, 0.5) is 0 Å². The van der Waals surface area contributed by atoms with Crippen LogP contribution in [0.2, 0.25) is 0 Å². The molecule has 14 unspecified atom stereocenters. The monoisotopic (exact) mass is 1270 g/mol. The molecule has 0 spiro atoms. The van der Waals surface area contributed by atoms with Gasteiger partial charge in [0.1, 0.15) is 116 Å². The molecule has 508 valence electrons. The van der Waals surface area contributed by atoms with Gasteiger partial charge in [-0.2, -0.15) is 0 Å². The van der Waals surface area contributed by atoms with E-state index in [1.165, 1.54) is 12.5 Å². The number of rotatable bonds is 15. The van der Waals surface area contributed by atoms with Gasteiger partial charge in [-0.25, -0.2) is 0 Å². The number of hydrogen-bond donors (Lipinski definition) is 18. The van der Waals surface area contributed by atoms with Crippen LogP contribution >= 0.6 is 0 Å². The fourth-order valence-electron chi connectivity index (χ4n) is 18.1. The topological polar surface area (TPSA) is 456 Å². The summed E-state index contributed by atoms with van der Waals surface area (Å²) in [4.78, 5) is 0. The molecule has 36 atom stereocenters. The first kappa shape index (κ1) is 69.4. The maximum Gasteiger partial charge on any atom is 0.187 e. The van der Waals surface area contributed by atoms with Crippen LogP contribution in [0.5, 0.6) is 0 Å². The largest absolute Gasteiger partial charge is 0.394 e. The highest BCUT2D eigenvalue weighted by Crippen LogP contribution is 2.75. The molecule has 10 aliphatic rings. The van der Waals surface area contributed by atoms with Crippen LogP contribution in [-0.2, 0) is 47.4 Å². The standard InChI is InChI=1S/C60H100O28/c1-22-34(63)40(69)47(76)53(82-22)88-49-44(73)38(67)29(21-81-52-46(75)42(71)36(65)27(18-62)84-52)86-55(49)79-19-23-15-60(8)25(24-16-56(2,3)50(78)39(68)33(23)24)9-10-31-58(6)13-12-32(57(4,5)30(58)11-14-59(31,60)7)87-54-48(77)43(72)37(66)28(85-54)20-80-51-45(74)41(70)35(64)26(17-61)83-51/h9,22-24,26-55,61-78H,10-21H2,1-8H3/t22?,23-,24?,26?,27?,28?,29?,30?,31?,32+,33?,34+,35+,36+,37+,38+,39-,40+,41+,42+,43+,44+,45?,46?,47?,48?,49?,50+,51-,52-,53+,54+,55-,58+,59-,60-/m1/s1. The highest BCUT2D eigenvalue weighted by atomic mass is 16.8. The lowest BCUT2D eigenvalue weighted by atomic mass is 9.33. The Morgan fingerprint density at radius 1 is 0.466 bits per heavy atom. The lowest BCUT2D eigenvalue weighted by Gasteiger charge is -2.71. The zero-order chi connectivity index (χ0) is 64.4. The Balaban J connectivity index is 0.892. The van der Waals surface area contributed by atoms with E-state index in [1.807, 2.05) is 13.8 Å². The smallest absolute Gasteiger partial charge is 0.187 e. The molecule has 5 aliphatic heterocycles. The van der Waals surface area contributed by atoms with E-state index < -0.39 is 232 Å². The summed E-state index contributed by atoms with van der Waals surface area (Å²) in [5.74, 6) is -1.23. The van der Waals surface area contributed by atoms with E-state index >= 15 is 0 Å². The van der Waals surface area contributed by atoms with Crippen molar-refractivity contribution in [2.24, 2.45) is 56.7 Å².